The number of anilines is 1. The zero-order chi connectivity index (χ0) is 14.1. The van der Waals surface area contributed by atoms with Crippen molar-refractivity contribution < 1.29 is 9.47 Å². The van der Waals surface area contributed by atoms with Crippen molar-refractivity contribution in [3.05, 3.63) is 36.4 Å². The summed E-state index contributed by atoms with van der Waals surface area (Å²) in [6.07, 6.45) is 0. The van der Waals surface area contributed by atoms with E-state index in [1.807, 2.05) is 30.3 Å². The van der Waals surface area contributed by atoms with Gasteiger partial charge in [0.05, 0.1) is 19.9 Å². The number of nitrogens with two attached hydrogens (primary N) is 1. The molecule has 1 heterocycles. The van der Waals surface area contributed by atoms with Crippen molar-refractivity contribution in [1.82, 2.24) is 10.2 Å². The molecular weight excluding hydrogens is 254 g/mol. The van der Waals surface area contributed by atoms with Crippen molar-refractivity contribution in [3.63, 3.8) is 0 Å². The fourth-order valence-corrected chi connectivity index (χ4v) is 2.32. The average molecular weight is 269 g/mol. The number of H-pyrrole nitrogens is 1. The number of rotatable bonds is 3. The Balaban J connectivity index is 2.35. The number of aromatic nitrogens is 2. The zero-order valence-electron chi connectivity index (χ0n) is 11.3. The first kappa shape index (κ1) is 12.3. The predicted molar refractivity (Wildman–Crippen MR) is 79.0 cm³/mol. The highest BCUT2D eigenvalue weighted by molar-refractivity contribution is 5.99. The molecule has 20 heavy (non-hydrogen) atoms. The van der Waals surface area contributed by atoms with Gasteiger partial charge in [-0.05, 0) is 29.0 Å². The maximum absolute atomic E-state index is 5.70. The third kappa shape index (κ3) is 1.93. The SMILES string of the molecule is COc1ccc2ccc(OC)c(-c3cc(N)n[nH]3)c2c1. The molecule has 0 saturated carbocycles. The van der Waals surface area contributed by atoms with Crippen molar-refractivity contribution in [3.8, 4) is 22.8 Å². The summed E-state index contributed by atoms with van der Waals surface area (Å²) in [6.45, 7) is 0. The number of hydrogen-bond donors (Lipinski definition) is 2. The van der Waals surface area contributed by atoms with E-state index in [0.29, 0.717) is 5.82 Å². The van der Waals surface area contributed by atoms with Gasteiger partial charge < -0.3 is 15.2 Å². The van der Waals surface area contributed by atoms with Crippen molar-refractivity contribution in [2.45, 2.75) is 0 Å². The average Bonchev–Trinajstić information content (AvgIpc) is 2.91. The normalized spacial score (nSPS) is 10.7. The minimum absolute atomic E-state index is 0.446. The van der Waals surface area contributed by atoms with Gasteiger partial charge in [0.25, 0.3) is 0 Å². The van der Waals surface area contributed by atoms with E-state index in [-0.39, 0.29) is 0 Å². The van der Waals surface area contributed by atoms with Crippen LogP contribution in [-0.4, -0.2) is 24.4 Å². The monoisotopic (exact) mass is 269 g/mol. The molecular formula is C15H15N3O2. The Morgan fingerprint density at radius 3 is 2.50 bits per heavy atom. The van der Waals surface area contributed by atoms with Gasteiger partial charge in [0.15, 0.2) is 0 Å². The molecule has 0 fully saturated rings. The standard InChI is InChI=1S/C15H15N3O2/c1-19-10-5-3-9-4-6-13(20-2)15(11(9)7-10)12-8-14(16)18-17-12/h3-8H,1-2H3,(H3,16,17,18). The Bertz CT molecular complexity index is 760. The van der Waals surface area contributed by atoms with Gasteiger partial charge in [0.1, 0.15) is 17.3 Å². The summed E-state index contributed by atoms with van der Waals surface area (Å²) < 4.78 is 10.8. The lowest BCUT2D eigenvalue weighted by molar-refractivity contribution is 0.414. The van der Waals surface area contributed by atoms with E-state index < -0.39 is 0 Å². The number of hydrogen-bond acceptors (Lipinski definition) is 4. The molecule has 0 aliphatic rings. The van der Waals surface area contributed by atoms with Gasteiger partial charge in [-0.2, -0.15) is 5.10 Å². The Kier molecular flexibility index (Phi) is 2.95. The predicted octanol–water partition coefficient (Wildman–Crippen LogP) is 2.83. The molecule has 0 saturated heterocycles. The van der Waals surface area contributed by atoms with Crippen LogP contribution >= 0.6 is 0 Å². The maximum atomic E-state index is 5.70. The topological polar surface area (TPSA) is 73.2 Å². The van der Waals surface area contributed by atoms with Crippen LogP contribution in [0.1, 0.15) is 0 Å². The number of nitrogens with zero attached hydrogens (tertiary/aromatic N) is 1. The molecule has 3 aromatic rings. The second-order valence-corrected chi connectivity index (χ2v) is 4.44. The highest BCUT2D eigenvalue weighted by Gasteiger charge is 2.13. The van der Waals surface area contributed by atoms with Crippen molar-refractivity contribution in [1.29, 1.82) is 0 Å². The molecule has 0 atom stereocenters. The first-order chi connectivity index (χ1) is 9.72. The van der Waals surface area contributed by atoms with E-state index in [4.69, 9.17) is 15.2 Å². The van der Waals surface area contributed by atoms with Crippen LogP contribution in [0.4, 0.5) is 5.82 Å². The summed E-state index contributed by atoms with van der Waals surface area (Å²) in [7, 11) is 3.29. The van der Waals surface area contributed by atoms with E-state index in [9.17, 15) is 0 Å². The van der Waals surface area contributed by atoms with E-state index in [1.165, 1.54) is 0 Å². The Morgan fingerprint density at radius 2 is 1.85 bits per heavy atom. The highest BCUT2D eigenvalue weighted by Crippen LogP contribution is 2.37. The van der Waals surface area contributed by atoms with Crippen molar-refractivity contribution >= 4 is 16.6 Å². The molecule has 0 radical (unpaired) electrons. The minimum Gasteiger partial charge on any atom is -0.497 e. The summed E-state index contributed by atoms with van der Waals surface area (Å²) in [5.74, 6) is 2.00. The van der Waals surface area contributed by atoms with Gasteiger partial charge in [-0.1, -0.05) is 12.1 Å². The van der Waals surface area contributed by atoms with Gasteiger partial charge in [0, 0.05) is 11.6 Å². The van der Waals surface area contributed by atoms with Gasteiger partial charge in [-0.25, -0.2) is 0 Å². The first-order valence-electron chi connectivity index (χ1n) is 6.19. The first-order valence-corrected chi connectivity index (χ1v) is 6.19. The van der Waals surface area contributed by atoms with E-state index in [0.717, 1.165) is 33.5 Å². The van der Waals surface area contributed by atoms with E-state index >= 15 is 0 Å². The highest BCUT2D eigenvalue weighted by atomic mass is 16.5. The molecule has 102 valence electrons. The quantitative estimate of drug-likeness (QED) is 0.766. The fourth-order valence-electron chi connectivity index (χ4n) is 2.32. The molecule has 1 aromatic heterocycles. The van der Waals surface area contributed by atoms with Crippen LogP contribution in [0.25, 0.3) is 22.0 Å². The number of ether oxygens (including phenoxy) is 2. The zero-order valence-corrected chi connectivity index (χ0v) is 11.3. The molecule has 0 amide bonds. The molecule has 3 N–H and O–H groups in total. The minimum atomic E-state index is 0.446. The number of aromatic amines is 1. The van der Waals surface area contributed by atoms with E-state index in [2.05, 4.69) is 10.2 Å². The van der Waals surface area contributed by atoms with Crippen molar-refractivity contribution in [2.75, 3.05) is 20.0 Å². The Labute approximate surface area is 116 Å². The second-order valence-electron chi connectivity index (χ2n) is 4.44. The fraction of sp³-hybridized carbons (Fsp3) is 0.133. The van der Waals surface area contributed by atoms with Crippen LogP contribution in [0.5, 0.6) is 11.5 Å². The lowest BCUT2D eigenvalue weighted by atomic mass is 10.0. The van der Waals surface area contributed by atoms with Gasteiger partial charge in [0.2, 0.25) is 0 Å². The number of nitrogens with one attached hydrogen (secondary N) is 1. The molecule has 2 aromatic carbocycles. The van der Waals surface area contributed by atoms with Crippen molar-refractivity contribution in [2.24, 2.45) is 0 Å². The number of nitrogen functional groups attached to an aromatic ring is 1. The van der Waals surface area contributed by atoms with Crippen LogP contribution in [0, 0.1) is 0 Å². The molecule has 0 unspecified atom stereocenters. The molecule has 0 bridgehead atoms. The third-order valence-electron chi connectivity index (χ3n) is 3.28. The maximum Gasteiger partial charge on any atom is 0.145 e. The van der Waals surface area contributed by atoms with Gasteiger partial charge in [-0.15, -0.1) is 0 Å². The summed E-state index contributed by atoms with van der Waals surface area (Å²) >= 11 is 0. The second kappa shape index (κ2) is 4.77. The summed E-state index contributed by atoms with van der Waals surface area (Å²) in [5, 5.41) is 9.03. The van der Waals surface area contributed by atoms with Crippen LogP contribution in [0.3, 0.4) is 0 Å². The van der Waals surface area contributed by atoms with Crippen LogP contribution in [-0.2, 0) is 0 Å². The van der Waals surface area contributed by atoms with Crippen LogP contribution in [0.15, 0.2) is 36.4 Å². The molecule has 0 spiro atoms. The number of fused-ring (bicyclic) bond motifs is 1. The summed E-state index contributed by atoms with van der Waals surface area (Å²) in [5.41, 5.74) is 7.44. The van der Waals surface area contributed by atoms with Crippen LogP contribution < -0.4 is 15.2 Å². The molecule has 0 aliphatic heterocycles. The Hall–Kier alpha value is -2.69. The molecule has 5 heteroatoms. The van der Waals surface area contributed by atoms with Crippen LogP contribution in [0.2, 0.25) is 0 Å². The largest absolute Gasteiger partial charge is 0.497 e. The Morgan fingerprint density at radius 1 is 1.05 bits per heavy atom. The summed E-state index contributed by atoms with van der Waals surface area (Å²) in [6, 6.07) is 11.6. The smallest absolute Gasteiger partial charge is 0.145 e. The van der Waals surface area contributed by atoms with E-state index in [1.54, 1.807) is 20.3 Å². The van der Waals surface area contributed by atoms with Gasteiger partial charge in [-0.3, -0.25) is 5.10 Å². The van der Waals surface area contributed by atoms with Gasteiger partial charge >= 0.3 is 0 Å². The lowest BCUT2D eigenvalue weighted by Gasteiger charge is -2.11. The summed E-state index contributed by atoms with van der Waals surface area (Å²) in [4.78, 5) is 0. The number of benzene rings is 2. The molecule has 3 rings (SSSR count). The third-order valence-corrected chi connectivity index (χ3v) is 3.28. The molecule has 0 aliphatic carbocycles. The lowest BCUT2D eigenvalue weighted by Crippen LogP contribution is -1.91. The molecule has 5 nitrogen and oxygen atoms in total. The number of methoxy groups -OCH3 is 2.